The number of hydrogen-bond donors (Lipinski definition) is 1. The summed E-state index contributed by atoms with van der Waals surface area (Å²) in [4.78, 5) is 6.00. The Morgan fingerprint density at radius 1 is 1.25 bits per heavy atom. The van der Waals surface area contributed by atoms with Gasteiger partial charge in [-0.1, -0.05) is 0 Å². The molecule has 5 heteroatoms. The second-order valence-electron chi connectivity index (χ2n) is 4.74. The summed E-state index contributed by atoms with van der Waals surface area (Å²) in [6.45, 7) is 0. The topological polar surface area (TPSA) is 46.5 Å². The first-order valence-electron chi connectivity index (χ1n) is 6.77. The SMILES string of the molecule is COc1ccc(C=NNc2nc3c(s2)CCCC3)cc1. The predicted molar refractivity (Wildman–Crippen MR) is 83.0 cm³/mol. The van der Waals surface area contributed by atoms with Crippen molar-refractivity contribution in [3.05, 3.63) is 40.4 Å². The second kappa shape index (κ2) is 6.05. The standard InChI is InChI=1S/C15H17N3OS/c1-19-12-8-6-11(7-9-12)10-16-18-15-17-13-4-2-3-5-14(13)20-15/h6-10H,2-5H2,1H3,(H,17,18). The van der Waals surface area contributed by atoms with Gasteiger partial charge < -0.3 is 4.74 Å². The maximum Gasteiger partial charge on any atom is 0.203 e. The Morgan fingerprint density at radius 2 is 2.05 bits per heavy atom. The summed E-state index contributed by atoms with van der Waals surface area (Å²) in [5.41, 5.74) is 5.31. The van der Waals surface area contributed by atoms with E-state index in [1.807, 2.05) is 24.3 Å². The van der Waals surface area contributed by atoms with E-state index in [0.29, 0.717) is 0 Å². The molecule has 1 aromatic heterocycles. The number of aromatic nitrogens is 1. The van der Waals surface area contributed by atoms with Crippen molar-refractivity contribution in [2.24, 2.45) is 5.10 Å². The molecule has 20 heavy (non-hydrogen) atoms. The van der Waals surface area contributed by atoms with E-state index in [1.165, 1.54) is 23.4 Å². The smallest absolute Gasteiger partial charge is 0.203 e. The summed E-state index contributed by atoms with van der Waals surface area (Å²) in [7, 11) is 1.66. The Hall–Kier alpha value is -1.88. The lowest BCUT2D eigenvalue weighted by atomic mass is 10.0. The maximum absolute atomic E-state index is 5.12. The number of methoxy groups -OCH3 is 1. The molecular formula is C15H17N3OS. The normalized spacial score (nSPS) is 14.2. The number of anilines is 1. The summed E-state index contributed by atoms with van der Waals surface area (Å²) >= 11 is 1.72. The van der Waals surface area contributed by atoms with E-state index in [4.69, 9.17) is 4.74 Å². The highest BCUT2D eigenvalue weighted by Gasteiger charge is 2.14. The number of thiazole rings is 1. The van der Waals surface area contributed by atoms with Gasteiger partial charge in [0.15, 0.2) is 0 Å². The van der Waals surface area contributed by atoms with Crippen LogP contribution in [0.15, 0.2) is 29.4 Å². The second-order valence-corrected chi connectivity index (χ2v) is 5.82. The number of hydrazone groups is 1. The monoisotopic (exact) mass is 287 g/mol. The van der Waals surface area contributed by atoms with E-state index in [-0.39, 0.29) is 0 Å². The molecule has 2 aromatic rings. The fraction of sp³-hybridized carbons (Fsp3) is 0.333. The zero-order valence-electron chi connectivity index (χ0n) is 11.4. The molecule has 1 N–H and O–H groups in total. The van der Waals surface area contributed by atoms with Gasteiger partial charge in [-0.3, -0.25) is 5.43 Å². The van der Waals surface area contributed by atoms with Crippen LogP contribution in [0.25, 0.3) is 0 Å². The molecule has 1 aliphatic rings. The van der Waals surface area contributed by atoms with Gasteiger partial charge in [0.05, 0.1) is 19.0 Å². The molecule has 1 aliphatic carbocycles. The molecule has 0 fully saturated rings. The molecular weight excluding hydrogens is 270 g/mol. The van der Waals surface area contributed by atoms with Crippen molar-refractivity contribution in [2.45, 2.75) is 25.7 Å². The number of hydrogen-bond acceptors (Lipinski definition) is 5. The summed E-state index contributed by atoms with van der Waals surface area (Å²) in [6, 6.07) is 7.78. The minimum Gasteiger partial charge on any atom is -0.497 e. The highest BCUT2D eigenvalue weighted by Crippen LogP contribution is 2.29. The van der Waals surface area contributed by atoms with Crippen LogP contribution in [0, 0.1) is 0 Å². The van der Waals surface area contributed by atoms with Gasteiger partial charge in [0, 0.05) is 4.88 Å². The van der Waals surface area contributed by atoms with Crippen molar-refractivity contribution < 1.29 is 4.74 Å². The lowest BCUT2D eigenvalue weighted by Crippen LogP contribution is -1.99. The molecule has 0 radical (unpaired) electrons. The largest absolute Gasteiger partial charge is 0.497 e. The van der Waals surface area contributed by atoms with Crippen LogP contribution < -0.4 is 10.2 Å². The van der Waals surface area contributed by atoms with Crippen LogP contribution in [0.3, 0.4) is 0 Å². The van der Waals surface area contributed by atoms with Gasteiger partial charge in [-0.15, -0.1) is 11.3 Å². The van der Waals surface area contributed by atoms with Crippen molar-refractivity contribution in [2.75, 3.05) is 12.5 Å². The zero-order valence-corrected chi connectivity index (χ0v) is 12.2. The molecule has 3 rings (SSSR count). The molecule has 0 atom stereocenters. The van der Waals surface area contributed by atoms with Gasteiger partial charge in [0.2, 0.25) is 5.13 Å². The van der Waals surface area contributed by atoms with Crippen molar-refractivity contribution in [1.29, 1.82) is 0 Å². The van der Waals surface area contributed by atoms with E-state index in [1.54, 1.807) is 24.7 Å². The number of benzene rings is 1. The number of nitrogens with one attached hydrogen (secondary N) is 1. The van der Waals surface area contributed by atoms with Crippen molar-refractivity contribution >= 4 is 22.7 Å². The summed E-state index contributed by atoms with van der Waals surface area (Å²) < 4.78 is 5.12. The Morgan fingerprint density at radius 3 is 2.80 bits per heavy atom. The lowest BCUT2D eigenvalue weighted by molar-refractivity contribution is 0.415. The minimum absolute atomic E-state index is 0.850. The van der Waals surface area contributed by atoms with E-state index >= 15 is 0 Å². The van der Waals surface area contributed by atoms with Crippen molar-refractivity contribution in [3.8, 4) is 5.75 Å². The third-order valence-corrected chi connectivity index (χ3v) is 4.40. The van der Waals surface area contributed by atoms with Gasteiger partial charge in [-0.2, -0.15) is 5.10 Å². The van der Waals surface area contributed by atoms with Crippen LogP contribution in [0.4, 0.5) is 5.13 Å². The van der Waals surface area contributed by atoms with Crippen molar-refractivity contribution in [1.82, 2.24) is 4.98 Å². The molecule has 0 spiro atoms. The number of aryl methyl sites for hydroxylation is 2. The summed E-state index contributed by atoms with van der Waals surface area (Å²) in [5.74, 6) is 0.850. The number of ether oxygens (including phenoxy) is 1. The summed E-state index contributed by atoms with van der Waals surface area (Å²) in [6.07, 6.45) is 6.60. The van der Waals surface area contributed by atoms with E-state index in [0.717, 1.165) is 29.3 Å². The highest BCUT2D eigenvalue weighted by atomic mass is 32.1. The number of rotatable bonds is 4. The van der Waals surface area contributed by atoms with E-state index < -0.39 is 0 Å². The Bertz CT molecular complexity index is 581. The zero-order chi connectivity index (χ0) is 13.8. The Balaban J connectivity index is 1.63. The van der Waals surface area contributed by atoms with Gasteiger partial charge >= 0.3 is 0 Å². The first kappa shape index (κ1) is 13.1. The third-order valence-electron chi connectivity index (χ3n) is 3.34. The maximum atomic E-state index is 5.12. The molecule has 0 bridgehead atoms. The van der Waals surface area contributed by atoms with Crippen LogP contribution in [0.1, 0.15) is 29.0 Å². The van der Waals surface area contributed by atoms with Gasteiger partial charge in [-0.25, -0.2) is 4.98 Å². The first-order valence-corrected chi connectivity index (χ1v) is 7.58. The third kappa shape index (κ3) is 2.99. The molecule has 1 heterocycles. The van der Waals surface area contributed by atoms with Crippen LogP contribution in [-0.4, -0.2) is 18.3 Å². The molecule has 0 saturated carbocycles. The predicted octanol–water partition coefficient (Wildman–Crippen LogP) is 3.48. The molecule has 0 saturated heterocycles. The number of fused-ring (bicyclic) bond motifs is 1. The average Bonchev–Trinajstić information content (AvgIpc) is 2.90. The Kier molecular flexibility index (Phi) is 3.97. The molecule has 0 amide bonds. The number of nitrogens with zero attached hydrogens (tertiary/aromatic N) is 2. The highest BCUT2D eigenvalue weighted by molar-refractivity contribution is 7.15. The minimum atomic E-state index is 0.850. The molecule has 104 valence electrons. The fourth-order valence-electron chi connectivity index (χ4n) is 2.25. The van der Waals surface area contributed by atoms with Gasteiger partial charge in [-0.05, 0) is 55.5 Å². The van der Waals surface area contributed by atoms with E-state index in [9.17, 15) is 0 Å². The molecule has 1 aromatic carbocycles. The quantitative estimate of drug-likeness (QED) is 0.692. The first-order chi connectivity index (χ1) is 9.85. The molecule has 0 unspecified atom stereocenters. The van der Waals surface area contributed by atoms with Gasteiger partial charge in [0.1, 0.15) is 5.75 Å². The molecule has 4 nitrogen and oxygen atoms in total. The van der Waals surface area contributed by atoms with E-state index in [2.05, 4.69) is 15.5 Å². The fourth-order valence-corrected chi connectivity index (χ4v) is 3.25. The van der Waals surface area contributed by atoms with Crippen LogP contribution in [0.2, 0.25) is 0 Å². The Labute approximate surface area is 122 Å². The lowest BCUT2D eigenvalue weighted by Gasteiger charge is -2.06. The van der Waals surface area contributed by atoms with Crippen LogP contribution >= 0.6 is 11.3 Å². The van der Waals surface area contributed by atoms with Gasteiger partial charge in [0.25, 0.3) is 0 Å². The molecule has 0 aliphatic heterocycles. The summed E-state index contributed by atoms with van der Waals surface area (Å²) in [5, 5.41) is 5.13. The van der Waals surface area contributed by atoms with Crippen LogP contribution in [-0.2, 0) is 12.8 Å². The average molecular weight is 287 g/mol. The van der Waals surface area contributed by atoms with Crippen molar-refractivity contribution in [3.63, 3.8) is 0 Å². The van der Waals surface area contributed by atoms with Crippen LogP contribution in [0.5, 0.6) is 5.75 Å².